The standard InChI is InChI=1S/C31H28N2O4S/c1-37-28-10-6-5-9-27(28)33-29(35)21-38-31(33)24-15-13-23(14-16-24)30(36)32(25-7-3-2-4-8-25)20-19-22-11-17-26(34)18-12-22/h2-18,31,34H,19-21H2,1H3. The summed E-state index contributed by atoms with van der Waals surface area (Å²) >= 11 is 1.56. The van der Waals surface area contributed by atoms with Gasteiger partial charge in [-0.15, -0.1) is 11.8 Å². The fraction of sp³-hybridized carbons (Fsp3) is 0.161. The number of hydrogen-bond donors (Lipinski definition) is 1. The Hall–Kier alpha value is -4.23. The van der Waals surface area contributed by atoms with E-state index in [1.165, 1.54) is 0 Å². The van der Waals surface area contributed by atoms with Crippen molar-refractivity contribution < 1.29 is 19.4 Å². The highest BCUT2D eigenvalue weighted by molar-refractivity contribution is 8.00. The van der Waals surface area contributed by atoms with Crippen LogP contribution in [0, 0.1) is 0 Å². The zero-order valence-electron chi connectivity index (χ0n) is 21.0. The second-order valence-electron chi connectivity index (χ2n) is 8.93. The van der Waals surface area contributed by atoms with Crippen molar-refractivity contribution in [2.45, 2.75) is 11.8 Å². The molecule has 1 heterocycles. The molecule has 5 rings (SSSR count). The van der Waals surface area contributed by atoms with Gasteiger partial charge in [0.15, 0.2) is 0 Å². The number of anilines is 2. The lowest BCUT2D eigenvalue weighted by Crippen LogP contribution is -2.33. The van der Waals surface area contributed by atoms with Gasteiger partial charge in [-0.25, -0.2) is 0 Å². The highest BCUT2D eigenvalue weighted by Crippen LogP contribution is 2.44. The Morgan fingerprint density at radius 2 is 1.63 bits per heavy atom. The topological polar surface area (TPSA) is 70.1 Å². The van der Waals surface area contributed by atoms with Crippen LogP contribution in [-0.2, 0) is 11.2 Å². The highest BCUT2D eigenvalue weighted by atomic mass is 32.2. The number of methoxy groups -OCH3 is 1. The summed E-state index contributed by atoms with van der Waals surface area (Å²) in [4.78, 5) is 30.1. The van der Waals surface area contributed by atoms with Crippen LogP contribution in [0.1, 0.15) is 26.9 Å². The van der Waals surface area contributed by atoms with E-state index in [-0.39, 0.29) is 22.9 Å². The molecule has 1 aliphatic heterocycles. The van der Waals surface area contributed by atoms with Crippen molar-refractivity contribution in [2.24, 2.45) is 0 Å². The molecule has 1 saturated heterocycles. The molecule has 1 unspecified atom stereocenters. The molecular formula is C31H28N2O4S. The third kappa shape index (κ3) is 5.38. The van der Waals surface area contributed by atoms with Crippen molar-refractivity contribution in [1.82, 2.24) is 0 Å². The summed E-state index contributed by atoms with van der Waals surface area (Å²) in [7, 11) is 1.60. The van der Waals surface area contributed by atoms with Gasteiger partial charge in [0.05, 0.1) is 18.6 Å². The number of thioether (sulfide) groups is 1. The Morgan fingerprint density at radius 3 is 2.34 bits per heavy atom. The number of phenols is 1. The van der Waals surface area contributed by atoms with Crippen molar-refractivity contribution >= 4 is 35.0 Å². The molecule has 4 aromatic carbocycles. The first kappa shape index (κ1) is 25.4. The summed E-state index contributed by atoms with van der Waals surface area (Å²) in [5, 5.41) is 9.37. The van der Waals surface area contributed by atoms with Crippen LogP contribution in [-0.4, -0.2) is 36.3 Å². The maximum absolute atomic E-state index is 13.7. The fourth-order valence-electron chi connectivity index (χ4n) is 4.57. The third-order valence-corrected chi connectivity index (χ3v) is 7.74. The molecule has 2 amide bonds. The van der Waals surface area contributed by atoms with E-state index in [0.29, 0.717) is 30.0 Å². The molecule has 192 valence electrons. The van der Waals surface area contributed by atoms with Gasteiger partial charge in [-0.05, 0) is 66.1 Å². The molecule has 38 heavy (non-hydrogen) atoms. The van der Waals surface area contributed by atoms with E-state index in [2.05, 4.69) is 0 Å². The highest BCUT2D eigenvalue weighted by Gasteiger charge is 2.35. The normalized spacial score (nSPS) is 14.9. The number of carbonyl (C=O) groups is 2. The van der Waals surface area contributed by atoms with E-state index in [4.69, 9.17) is 4.74 Å². The van der Waals surface area contributed by atoms with E-state index in [1.807, 2.05) is 91.0 Å². The lowest BCUT2D eigenvalue weighted by molar-refractivity contribution is -0.115. The Labute approximate surface area is 226 Å². The number of ether oxygens (including phenoxy) is 1. The number of phenolic OH excluding ortho intramolecular Hbond substituents is 1. The molecule has 7 heteroatoms. The first-order valence-electron chi connectivity index (χ1n) is 12.4. The van der Waals surface area contributed by atoms with Crippen LogP contribution >= 0.6 is 11.8 Å². The number of rotatable bonds is 8. The lowest BCUT2D eigenvalue weighted by Gasteiger charge is -2.26. The van der Waals surface area contributed by atoms with Gasteiger partial charge in [0.25, 0.3) is 5.91 Å². The average Bonchev–Trinajstić information content (AvgIpc) is 3.35. The Kier molecular flexibility index (Phi) is 7.65. The molecule has 0 aromatic heterocycles. The Morgan fingerprint density at radius 1 is 0.947 bits per heavy atom. The number of benzene rings is 4. The number of para-hydroxylation sites is 3. The minimum atomic E-state index is -0.206. The summed E-state index contributed by atoms with van der Waals surface area (Å²) in [5.74, 6) is 1.17. The maximum atomic E-state index is 13.7. The summed E-state index contributed by atoms with van der Waals surface area (Å²) in [6, 6.07) is 31.7. The van der Waals surface area contributed by atoms with Crippen LogP contribution < -0.4 is 14.5 Å². The summed E-state index contributed by atoms with van der Waals surface area (Å²) < 4.78 is 5.50. The molecular weight excluding hydrogens is 496 g/mol. The molecule has 0 saturated carbocycles. The second-order valence-corrected chi connectivity index (χ2v) is 10.00. The van der Waals surface area contributed by atoms with Gasteiger partial charge in [-0.2, -0.15) is 0 Å². The molecule has 0 radical (unpaired) electrons. The van der Waals surface area contributed by atoms with Gasteiger partial charge in [-0.1, -0.05) is 54.6 Å². The lowest BCUT2D eigenvalue weighted by atomic mass is 10.1. The van der Waals surface area contributed by atoms with E-state index in [0.717, 1.165) is 22.5 Å². The van der Waals surface area contributed by atoms with Gasteiger partial charge in [0.1, 0.15) is 16.9 Å². The Bertz CT molecular complexity index is 1410. The van der Waals surface area contributed by atoms with Crippen LogP contribution in [0.15, 0.2) is 103 Å². The van der Waals surface area contributed by atoms with Crippen LogP contribution in [0.3, 0.4) is 0 Å². The van der Waals surface area contributed by atoms with Crippen LogP contribution in [0.4, 0.5) is 11.4 Å². The van der Waals surface area contributed by atoms with Crippen molar-refractivity contribution in [3.8, 4) is 11.5 Å². The van der Waals surface area contributed by atoms with Gasteiger partial charge in [0, 0.05) is 17.8 Å². The molecule has 6 nitrogen and oxygen atoms in total. The van der Waals surface area contributed by atoms with Crippen molar-refractivity contribution in [2.75, 3.05) is 29.2 Å². The minimum absolute atomic E-state index is 0.0223. The van der Waals surface area contributed by atoms with Gasteiger partial charge < -0.3 is 14.7 Å². The summed E-state index contributed by atoms with van der Waals surface area (Å²) in [6.07, 6.45) is 0.647. The largest absolute Gasteiger partial charge is 0.508 e. The van der Waals surface area contributed by atoms with Crippen molar-refractivity contribution in [1.29, 1.82) is 0 Å². The molecule has 1 atom stereocenters. The van der Waals surface area contributed by atoms with Gasteiger partial charge in [-0.3, -0.25) is 14.5 Å². The van der Waals surface area contributed by atoms with Crippen LogP contribution in [0.25, 0.3) is 0 Å². The van der Waals surface area contributed by atoms with Crippen molar-refractivity contribution in [3.63, 3.8) is 0 Å². The van der Waals surface area contributed by atoms with E-state index >= 15 is 0 Å². The maximum Gasteiger partial charge on any atom is 0.258 e. The number of nitrogens with zero attached hydrogens (tertiary/aromatic N) is 2. The molecule has 0 spiro atoms. The molecule has 1 fully saturated rings. The SMILES string of the molecule is COc1ccccc1N1C(=O)CSC1c1ccc(C(=O)N(CCc2ccc(O)cc2)c2ccccc2)cc1. The predicted molar refractivity (Wildman–Crippen MR) is 152 cm³/mol. The molecule has 0 aliphatic carbocycles. The van der Waals surface area contributed by atoms with E-state index < -0.39 is 0 Å². The summed E-state index contributed by atoms with van der Waals surface area (Å²) in [5.41, 5.74) is 4.10. The molecule has 0 bridgehead atoms. The molecule has 1 N–H and O–H groups in total. The number of hydrogen-bond acceptors (Lipinski definition) is 5. The van der Waals surface area contributed by atoms with E-state index in [1.54, 1.807) is 40.8 Å². The van der Waals surface area contributed by atoms with Crippen molar-refractivity contribution in [3.05, 3.63) is 120 Å². The van der Waals surface area contributed by atoms with E-state index in [9.17, 15) is 14.7 Å². The molecule has 1 aliphatic rings. The molecule has 4 aromatic rings. The fourth-order valence-corrected chi connectivity index (χ4v) is 5.73. The monoisotopic (exact) mass is 524 g/mol. The zero-order valence-corrected chi connectivity index (χ0v) is 21.8. The van der Waals surface area contributed by atoms with Gasteiger partial charge >= 0.3 is 0 Å². The third-order valence-electron chi connectivity index (χ3n) is 6.53. The Balaban J connectivity index is 1.38. The zero-order chi connectivity index (χ0) is 26.5. The predicted octanol–water partition coefficient (Wildman–Crippen LogP) is 6.07. The number of aromatic hydroxyl groups is 1. The van der Waals surface area contributed by atoms with Gasteiger partial charge in [0.2, 0.25) is 5.91 Å². The number of carbonyl (C=O) groups excluding carboxylic acids is 2. The quantitative estimate of drug-likeness (QED) is 0.303. The first-order chi connectivity index (χ1) is 18.5. The summed E-state index contributed by atoms with van der Waals surface area (Å²) in [6.45, 7) is 0.490. The van der Waals surface area contributed by atoms with Crippen LogP contribution in [0.5, 0.6) is 11.5 Å². The van der Waals surface area contributed by atoms with Crippen LogP contribution in [0.2, 0.25) is 0 Å². The first-order valence-corrected chi connectivity index (χ1v) is 13.4. The smallest absolute Gasteiger partial charge is 0.258 e. The second kappa shape index (κ2) is 11.4. The minimum Gasteiger partial charge on any atom is -0.508 e. The average molecular weight is 525 g/mol. The number of amides is 2.